The zero-order valence-electron chi connectivity index (χ0n) is 11.6. The molecule has 0 aliphatic heterocycles. The number of pyridine rings is 1. The summed E-state index contributed by atoms with van der Waals surface area (Å²) in [6, 6.07) is 10.2. The van der Waals surface area contributed by atoms with Crippen LogP contribution in [0.25, 0.3) is 10.8 Å². The van der Waals surface area contributed by atoms with Gasteiger partial charge in [-0.3, -0.25) is 0 Å². The topological polar surface area (TPSA) is 43.4 Å². The van der Waals surface area contributed by atoms with Crippen molar-refractivity contribution in [2.45, 2.75) is 19.6 Å². The first-order valence-electron chi connectivity index (χ1n) is 6.43. The van der Waals surface area contributed by atoms with Crippen molar-refractivity contribution in [3.05, 3.63) is 36.0 Å². The van der Waals surface area contributed by atoms with Crippen LogP contribution in [0.1, 0.15) is 12.6 Å². The zero-order valence-corrected chi connectivity index (χ0v) is 11.6. The van der Waals surface area contributed by atoms with Crippen LogP contribution in [-0.4, -0.2) is 31.9 Å². The van der Waals surface area contributed by atoms with Crippen LogP contribution in [0, 0.1) is 0 Å². The number of ether oxygens (including phenoxy) is 2. The molecule has 1 atom stereocenters. The quantitative estimate of drug-likeness (QED) is 0.866. The molecule has 2 aromatic rings. The second-order valence-electron chi connectivity index (χ2n) is 4.55. The molecule has 0 radical (unpaired) electrons. The number of rotatable bonds is 6. The lowest BCUT2D eigenvalue weighted by molar-refractivity contribution is 0.0900. The van der Waals surface area contributed by atoms with Crippen LogP contribution in [0.3, 0.4) is 0 Å². The van der Waals surface area contributed by atoms with Crippen LogP contribution in [0.15, 0.2) is 30.3 Å². The van der Waals surface area contributed by atoms with Gasteiger partial charge in [-0.05, 0) is 31.5 Å². The molecular weight excluding hydrogens is 240 g/mol. The van der Waals surface area contributed by atoms with Crippen molar-refractivity contribution in [2.24, 2.45) is 0 Å². The predicted molar refractivity (Wildman–Crippen MR) is 76.5 cm³/mol. The molecular formula is C15H20N2O2. The van der Waals surface area contributed by atoms with E-state index in [0.29, 0.717) is 12.5 Å². The van der Waals surface area contributed by atoms with Crippen molar-refractivity contribution in [1.29, 1.82) is 0 Å². The third kappa shape index (κ3) is 3.43. The van der Waals surface area contributed by atoms with E-state index >= 15 is 0 Å². The molecule has 1 unspecified atom stereocenters. The molecule has 0 bridgehead atoms. The first-order chi connectivity index (χ1) is 9.24. The van der Waals surface area contributed by atoms with Crippen LogP contribution in [0.2, 0.25) is 0 Å². The fourth-order valence-electron chi connectivity index (χ4n) is 2.04. The molecule has 1 aromatic heterocycles. The van der Waals surface area contributed by atoms with Crippen LogP contribution in [-0.2, 0) is 11.3 Å². The molecule has 0 amide bonds. The molecule has 0 saturated heterocycles. The van der Waals surface area contributed by atoms with Gasteiger partial charge in [0.2, 0.25) is 5.88 Å². The summed E-state index contributed by atoms with van der Waals surface area (Å²) in [7, 11) is 3.58. The van der Waals surface area contributed by atoms with Crippen molar-refractivity contribution in [1.82, 2.24) is 10.3 Å². The number of nitrogens with zero attached hydrogens (tertiary/aromatic N) is 1. The minimum absolute atomic E-state index is 0.0225. The molecule has 0 aliphatic carbocycles. The summed E-state index contributed by atoms with van der Waals surface area (Å²) in [6.45, 7) is 3.25. The van der Waals surface area contributed by atoms with E-state index in [0.717, 1.165) is 23.0 Å². The van der Waals surface area contributed by atoms with E-state index in [4.69, 9.17) is 9.47 Å². The SMILES string of the molecule is CNCc1cc2ccccc2c(OC(C)COC)n1. The maximum Gasteiger partial charge on any atom is 0.221 e. The normalized spacial score (nSPS) is 12.6. The Morgan fingerprint density at radius 2 is 2.11 bits per heavy atom. The van der Waals surface area contributed by atoms with Gasteiger partial charge in [0.15, 0.2) is 0 Å². The van der Waals surface area contributed by atoms with Gasteiger partial charge in [-0.2, -0.15) is 0 Å². The Balaban J connectivity index is 2.38. The highest BCUT2D eigenvalue weighted by Crippen LogP contribution is 2.25. The number of benzene rings is 1. The van der Waals surface area contributed by atoms with Crippen molar-refractivity contribution < 1.29 is 9.47 Å². The Bertz CT molecular complexity index is 543. The van der Waals surface area contributed by atoms with E-state index in [-0.39, 0.29) is 6.10 Å². The molecule has 4 heteroatoms. The van der Waals surface area contributed by atoms with Crippen LogP contribution < -0.4 is 10.1 Å². The number of hydrogen-bond acceptors (Lipinski definition) is 4. The summed E-state index contributed by atoms with van der Waals surface area (Å²) >= 11 is 0. The highest BCUT2D eigenvalue weighted by molar-refractivity contribution is 5.87. The standard InChI is InChI=1S/C15H20N2O2/c1-11(10-18-3)19-15-14-7-5-4-6-12(14)8-13(17-15)9-16-2/h4-8,11,16H,9-10H2,1-3H3. The molecule has 1 N–H and O–H groups in total. The largest absolute Gasteiger partial charge is 0.472 e. The number of hydrogen-bond donors (Lipinski definition) is 1. The predicted octanol–water partition coefficient (Wildman–Crippen LogP) is 2.37. The average molecular weight is 260 g/mol. The second-order valence-corrected chi connectivity index (χ2v) is 4.55. The van der Waals surface area contributed by atoms with Gasteiger partial charge in [0.1, 0.15) is 6.10 Å². The van der Waals surface area contributed by atoms with E-state index in [1.54, 1.807) is 7.11 Å². The van der Waals surface area contributed by atoms with Gasteiger partial charge < -0.3 is 14.8 Å². The van der Waals surface area contributed by atoms with E-state index in [1.165, 1.54) is 0 Å². The third-order valence-corrected chi connectivity index (χ3v) is 2.83. The molecule has 19 heavy (non-hydrogen) atoms. The van der Waals surface area contributed by atoms with Gasteiger partial charge in [0, 0.05) is 19.0 Å². The monoisotopic (exact) mass is 260 g/mol. The van der Waals surface area contributed by atoms with E-state index in [1.807, 2.05) is 32.2 Å². The van der Waals surface area contributed by atoms with Gasteiger partial charge in [0.25, 0.3) is 0 Å². The molecule has 0 spiro atoms. The van der Waals surface area contributed by atoms with Crippen molar-refractivity contribution in [2.75, 3.05) is 20.8 Å². The van der Waals surface area contributed by atoms with E-state index < -0.39 is 0 Å². The Kier molecular flexibility index (Phi) is 4.71. The molecule has 0 aliphatic rings. The summed E-state index contributed by atoms with van der Waals surface area (Å²) in [5, 5.41) is 5.29. The summed E-state index contributed by atoms with van der Waals surface area (Å²) in [4.78, 5) is 4.57. The molecule has 102 valence electrons. The fourth-order valence-corrected chi connectivity index (χ4v) is 2.04. The van der Waals surface area contributed by atoms with Crippen LogP contribution in [0.5, 0.6) is 5.88 Å². The number of methoxy groups -OCH3 is 1. The number of nitrogens with one attached hydrogen (secondary N) is 1. The number of fused-ring (bicyclic) bond motifs is 1. The highest BCUT2D eigenvalue weighted by Gasteiger charge is 2.10. The average Bonchev–Trinajstić information content (AvgIpc) is 2.39. The first kappa shape index (κ1) is 13.8. The van der Waals surface area contributed by atoms with E-state index in [9.17, 15) is 0 Å². The minimum Gasteiger partial charge on any atom is -0.472 e. The van der Waals surface area contributed by atoms with Gasteiger partial charge in [0.05, 0.1) is 12.3 Å². The molecule has 1 heterocycles. The van der Waals surface area contributed by atoms with Gasteiger partial charge in [-0.15, -0.1) is 0 Å². The molecule has 0 saturated carbocycles. The van der Waals surface area contributed by atoms with Crippen LogP contribution >= 0.6 is 0 Å². The Morgan fingerprint density at radius 3 is 2.84 bits per heavy atom. The maximum absolute atomic E-state index is 5.89. The van der Waals surface area contributed by atoms with Crippen molar-refractivity contribution in [3.63, 3.8) is 0 Å². The molecule has 0 fully saturated rings. The fraction of sp³-hybridized carbons (Fsp3) is 0.400. The van der Waals surface area contributed by atoms with Crippen molar-refractivity contribution >= 4 is 10.8 Å². The Labute approximate surface area is 113 Å². The Morgan fingerprint density at radius 1 is 1.32 bits per heavy atom. The summed E-state index contributed by atoms with van der Waals surface area (Å²) in [5.74, 6) is 0.674. The zero-order chi connectivity index (χ0) is 13.7. The highest BCUT2D eigenvalue weighted by atomic mass is 16.5. The summed E-state index contributed by atoms with van der Waals surface area (Å²) < 4.78 is 11.0. The Hall–Kier alpha value is -1.65. The lowest BCUT2D eigenvalue weighted by atomic mass is 10.1. The van der Waals surface area contributed by atoms with Gasteiger partial charge >= 0.3 is 0 Å². The summed E-state index contributed by atoms with van der Waals surface area (Å²) in [6.07, 6.45) is -0.0225. The maximum atomic E-state index is 5.89. The lowest BCUT2D eigenvalue weighted by Crippen LogP contribution is -2.19. The van der Waals surface area contributed by atoms with Crippen molar-refractivity contribution in [3.8, 4) is 5.88 Å². The smallest absolute Gasteiger partial charge is 0.221 e. The molecule has 4 nitrogen and oxygen atoms in total. The number of aromatic nitrogens is 1. The first-order valence-corrected chi connectivity index (χ1v) is 6.43. The minimum atomic E-state index is -0.0225. The van der Waals surface area contributed by atoms with Gasteiger partial charge in [-0.25, -0.2) is 4.98 Å². The third-order valence-electron chi connectivity index (χ3n) is 2.83. The molecule has 1 aromatic carbocycles. The second kappa shape index (κ2) is 6.50. The van der Waals surface area contributed by atoms with Crippen LogP contribution in [0.4, 0.5) is 0 Å². The lowest BCUT2D eigenvalue weighted by Gasteiger charge is -2.15. The molecule has 2 rings (SSSR count). The van der Waals surface area contributed by atoms with Gasteiger partial charge in [-0.1, -0.05) is 18.2 Å². The summed E-state index contributed by atoms with van der Waals surface area (Å²) in [5.41, 5.74) is 0.973. The van der Waals surface area contributed by atoms with E-state index in [2.05, 4.69) is 22.4 Å².